The number of ether oxygens (including phenoxy) is 1. The van der Waals surface area contributed by atoms with Crippen molar-refractivity contribution in [3.63, 3.8) is 0 Å². The number of alkyl halides is 3. The van der Waals surface area contributed by atoms with E-state index in [0.29, 0.717) is 47.5 Å². The van der Waals surface area contributed by atoms with Crippen LogP contribution in [0.2, 0.25) is 0 Å². The van der Waals surface area contributed by atoms with Gasteiger partial charge in [-0.3, -0.25) is 4.79 Å². The third kappa shape index (κ3) is 4.69. The van der Waals surface area contributed by atoms with Gasteiger partial charge >= 0.3 is 6.18 Å². The van der Waals surface area contributed by atoms with Crippen molar-refractivity contribution in [3.05, 3.63) is 53.6 Å². The van der Waals surface area contributed by atoms with Gasteiger partial charge in [0.25, 0.3) is 6.47 Å². The third-order valence-electron chi connectivity index (χ3n) is 4.24. The summed E-state index contributed by atoms with van der Waals surface area (Å²) in [4.78, 5) is 9.18. The number of halogens is 3. The van der Waals surface area contributed by atoms with E-state index < -0.39 is 11.7 Å². The Hall–Kier alpha value is -3.47. The first-order valence-electron chi connectivity index (χ1n) is 8.83. The first kappa shape index (κ1) is 21.8. The van der Waals surface area contributed by atoms with Crippen LogP contribution in [0.5, 0.6) is 0 Å². The van der Waals surface area contributed by atoms with Crippen molar-refractivity contribution in [2.75, 3.05) is 12.3 Å². The molecule has 29 heavy (non-hydrogen) atoms. The minimum atomic E-state index is -4.43. The van der Waals surface area contributed by atoms with Crippen LogP contribution < -0.4 is 5.73 Å². The summed E-state index contributed by atoms with van der Waals surface area (Å²) in [6, 6.07) is 12.5. The second-order valence-corrected chi connectivity index (χ2v) is 5.98. The standard InChI is InChI=1S/C18H14F3N3.C3H6O2/c1-2-24-16-9-12(18(19,20)21)5-8-14(16)15(10-22)17(24)11-3-6-13(23)7-4-11;1-2-5-3-4/h3-9H,2,23H2,1H3;3H,2H2,1H3. The molecule has 3 rings (SSSR count). The number of hydrogen-bond donors (Lipinski definition) is 1. The van der Waals surface area contributed by atoms with Gasteiger partial charge < -0.3 is 15.0 Å². The largest absolute Gasteiger partial charge is 0.468 e. The Morgan fingerprint density at radius 3 is 2.28 bits per heavy atom. The summed E-state index contributed by atoms with van der Waals surface area (Å²) in [6.45, 7) is 4.94. The maximum atomic E-state index is 13.0. The molecule has 1 aromatic heterocycles. The maximum absolute atomic E-state index is 13.0. The zero-order valence-electron chi connectivity index (χ0n) is 16.0. The molecule has 0 aliphatic rings. The average Bonchev–Trinajstić information content (AvgIpc) is 3.01. The zero-order valence-corrected chi connectivity index (χ0v) is 16.0. The fraction of sp³-hybridized carbons (Fsp3) is 0.238. The minimum Gasteiger partial charge on any atom is -0.468 e. The number of nitrogens with zero attached hydrogens (tertiary/aromatic N) is 2. The van der Waals surface area contributed by atoms with Gasteiger partial charge in [0, 0.05) is 17.6 Å². The molecule has 0 aliphatic heterocycles. The van der Waals surface area contributed by atoms with E-state index in [-0.39, 0.29) is 0 Å². The van der Waals surface area contributed by atoms with Gasteiger partial charge in [0.15, 0.2) is 0 Å². The van der Waals surface area contributed by atoms with Gasteiger partial charge in [-0.2, -0.15) is 18.4 Å². The molecular weight excluding hydrogens is 383 g/mol. The highest BCUT2D eigenvalue weighted by Crippen LogP contribution is 2.37. The van der Waals surface area contributed by atoms with Crippen molar-refractivity contribution in [1.29, 1.82) is 5.26 Å². The molecule has 0 aliphatic carbocycles. The number of hydrogen-bond acceptors (Lipinski definition) is 4. The Bertz CT molecular complexity index is 1030. The van der Waals surface area contributed by atoms with Crippen LogP contribution in [0.3, 0.4) is 0 Å². The average molecular weight is 403 g/mol. The summed E-state index contributed by atoms with van der Waals surface area (Å²) < 4.78 is 44.9. The van der Waals surface area contributed by atoms with Crippen molar-refractivity contribution >= 4 is 23.1 Å². The summed E-state index contributed by atoms with van der Waals surface area (Å²) in [6.07, 6.45) is -4.43. The van der Waals surface area contributed by atoms with E-state index >= 15 is 0 Å². The fourth-order valence-corrected chi connectivity index (χ4v) is 2.98. The number of carbonyl (C=O) groups is 1. The molecule has 3 aromatic rings. The summed E-state index contributed by atoms with van der Waals surface area (Å²) in [5.74, 6) is 0. The third-order valence-corrected chi connectivity index (χ3v) is 4.24. The molecule has 5 nitrogen and oxygen atoms in total. The predicted molar refractivity (Wildman–Crippen MR) is 105 cm³/mol. The van der Waals surface area contributed by atoms with Crippen molar-refractivity contribution in [1.82, 2.24) is 4.57 Å². The molecule has 8 heteroatoms. The van der Waals surface area contributed by atoms with Crippen LogP contribution in [-0.4, -0.2) is 17.6 Å². The lowest BCUT2D eigenvalue weighted by molar-refractivity contribution is -0.137. The zero-order chi connectivity index (χ0) is 21.6. The van der Waals surface area contributed by atoms with Gasteiger partial charge in [-0.15, -0.1) is 0 Å². The van der Waals surface area contributed by atoms with E-state index in [9.17, 15) is 23.2 Å². The Kier molecular flexibility index (Phi) is 6.89. The quantitative estimate of drug-likeness (QED) is 0.492. The summed E-state index contributed by atoms with van der Waals surface area (Å²) >= 11 is 0. The molecule has 0 amide bonds. The van der Waals surface area contributed by atoms with E-state index in [4.69, 9.17) is 5.73 Å². The molecule has 1 heterocycles. The Labute approximate surface area is 166 Å². The second-order valence-electron chi connectivity index (χ2n) is 5.98. The first-order valence-corrected chi connectivity index (χ1v) is 8.83. The van der Waals surface area contributed by atoms with Crippen LogP contribution in [0.1, 0.15) is 25.0 Å². The van der Waals surface area contributed by atoms with Crippen molar-refractivity contribution < 1.29 is 22.7 Å². The number of rotatable bonds is 4. The normalized spacial score (nSPS) is 10.8. The number of nitrogen functional groups attached to an aromatic ring is 1. The molecule has 0 unspecified atom stereocenters. The summed E-state index contributed by atoms with van der Waals surface area (Å²) in [7, 11) is 0. The second kappa shape index (κ2) is 9.15. The number of aryl methyl sites for hydroxylation is 1. The monoisotopic (exact) mass is 403 g/mol. The number of nitrogens with two attached hydrogens (primary N) is 1. The molecule has 2 N–H and O–H groups in total. The first-order chi connectivity index (χ1) is 13.8. The fourth-order valence-electron chi connectivity index (χ4n) is 2.98. The smallest absolute Gasteiger partial charge is 0.416 e. The summed E-state index contributed by atoms with van der Waals surface area (Å²) in [5.41, 5.74) is 7.66. The number of fused-ring (bicyclic) bond motifs is 1. The molecule has 152 valence electrons. The lowest BCUT2D eigenvalue weighted by Crippen LogP contribution is -2.05. The Balaban J connectivity index is 0.000000537. The SMILES string of the molecule is CCOC=O.CCn1c(-c2ccc(N)cc2)c(C#N)c2ccc(C(F)(F)F)cc21. The number of carbonyl (C=O) groups excluding carboxylic acids is 1. The van der Waals surface area contributed by atoms with Gasteiger partial charge in [0.2, 0.25) is 0 Å². The van der Waals surface area contributed by atoms with Crippen LogP contribution in [0.25, 0.3) is 22.2 Å². The number of benzene rings is 2. The van der Waals surface area contributed by atoms with Gasteiger partial charge in [0.05, 0.1) is 28.9 Å². The maximum Gasteiger partial charge on any atom is 0.416 e. The molecule has 0 atom stereocenters. The van der Waals surface area contributed by atoms with E-state index in [1.807, 2.05) is 6.92 Å². The van der Waals surface area contributed by atoms with E-state index in [1.54, 1.807) is 35.8 Å². The van der Waals surface area contributed by atoms with Crippen LogP contribution in [0.15, 0.2) is 42.5 Å². The number of nitriles is 1. The van der Waals surface area contributed by atoms with Gasteiger partial charge in [-0.25, -0.2) is 0 Å². The van der Waals surface area contributed by atoms with Crippen LogP contribution in [-0.2, 0) is 22.3 Å². The predicted octanol–water partition coefficient (Wildman–Crippen LogP) is 4.98. The van der Waals surface area contributed by atoms with E-state index in [1.165, 1.54) is 6.07 Å². The van der Waals surface area contributed by atoms with Crippen molar-refractivity contribution in [2.24, 2.45) is 0 Å². The molecule has 0 saturated carbocycles. The molecular formula is C21H20F3N3O2. The molecule has 0 radical (unpaired) electrons. The van der Waals surface area contributed by atoms with Crippen LogP contribution in [0, 0.1) is 11.3 Å². The Morgan fingerprint density at radius 1 is 1.17 bits per heavy atom. The highest BCUT2D eigenvalue weighted by atomic mass is 19.4. The van der Waals surface area contributed by atoms with Gasteiger partial charge in [0.1, 0.15) is 6.07 Å². The van der Waals surface area contributed by atoms with Gasteiger partial charge in [-0.05, 0) is 43.7 Å². The van der Waals surface area contributed by atoms with E-state index in [0.717, 1.165) is 17.7 Å². The molecule has 0 saturated heterocycles. The van der Waals surface area contributed by atoms with Crippen LogP contribution >= 0.6 is 0 Å². The molecule has 0 bridgehead atoms. The molecule has 0 fully saturated rings. The highest BCUT2D eigenvalue weighted by molar-refractivity contribution is 5.95. The lowest BCUT2D eigenvalue weighted by atomic mass is 10.0. The minimum absolute atomic E-state index is 0.366. The van der Waals surface area contributed by atoms with Crippen molar-refractivity contribution in [3.8, 4) is 17.3 Å². The van der Waals surface area contributed by atoms with Crippen LogP contribution in [0.4, 0.5) is 18.9 Å². The topological polar surface area (TPSA) is 81.0 Å². The number of anilines is 1. The van der Waals surface area contributed by atoms with Gasteiger partial charge in [-0.1, -0.05) is 18.2 Å². The molecule has 0 spiro atoms. The number of aromatic nitrogens is 1. The Morgan fingerprint density at radius 2 is 1.83 bits per heavy atom. The highest BCUT2D eigenvalue weighted by Gasteiger charge is 2.31. The lowest BCUT2D eigenvalue weighted by Gasteiger charge is -2.10. The van der Waals surface area contributed by atoms with E-state index in [2.05, 4.69) is 10.8 Å². The summed E-state index contributed by atoms with van der Waals surface area (Å²) in [5, 5.41) is 10.1. The van der Waals surface area contributed by atoms with Crippen molar-refractivity contribution in [2.45, 2.75) is 26.6 Å². The molecule has 2 aromatic carbocycles.